The van der Waals surface area contributed by atoms with Gasteiger partial charge in [0, 0.05) is 0 Å². The molecule has 0 saturated carbocycles. The van der Waals surface area contributed by atoms with Crippen molar-refractivity contribution in [2.75, 3.05) is 5.73 Å². The van der Waals surface area contributed by atoms with Gasteiger partial charge >= 0.3 is 6.18 Å². The van der Waals surface area contributed by atoms with Crippen LogP contribution in [0.2, 0.25) is 0 Å². The Morgan fingerprint density at radius 3 is 2.13 bits per heavy atom. The summed E-state index contributed by atoms with van der Waals surface area (Å²) in [5, 5.41) is 0. The number of alkyl halides is 3. The summed E-state index contributed by atoms with van der Waals surface area (Å²) in [7, 11) is 0. The number of nitrogen functional groups attached to an aromatic ring is 1. The van der Waals surface area contributed by atoms with E-state index >= 15 is 0 Å². The quantitative estimate of drug-likeness (QED) is 0.576. The van der Waals surface area contributed by atoms with Crippen molar-refractivity contribution in [3.05, 3.63) is 28.8 Å². The molecule has 0 spiro atoms. The van der Waals surface area contributed by atoms with Crippen LogP contribution in [0.4, 0.5) is 27.6 Å². The van der Waals surface area contributed by atoms with Gasteiger partial charge in [-0.05, 0) is 18.1 Å². The molecule has 1 aromatic rings. The Balaban J connectivity index is 3.55. The van der Waals surface area contributed by atoms with Crippen molar-refractivity contribution in [3.63, 3.8) is 0 Å². The second-order valence-corrected chi connectivity index (χ2v) is 2.98. The van der Waals surface area contributed by atoms with Gasteiger partial charge in [0.25, 0.3) is 0 Å². The molecule has 0 bridgehead atoms. The molecule has 0 aliphatic rings. The molecule has 0 amide bonds. The van der Waals surface area contributed by atoms with Crippen LogP contribution in [0.5, 0.6) is 0 Å². The average molecular weight is 225 g/mol. The predicted octanol–water partition coefficient (Wildman–Crippen LogP) is 3.13. The molecular weight excluding hydrogens is 217 g/mol. The highest BCUT2D eigenvalue weighted by Crippen LogP contribution is 2.36. The largest absolute Gasteiger partial charge is 0.419 e. The third-order valence-corrected chi connectivity index (χ3v) is 1.98. The number of hydrogen-bond acceptors (Lipinski definition) is 1. The maximum atomic E-state index is 13.0. The smallest absolute Gasteiger partial charge is 0.396 e. The maximum Gasteiger partial charge on any atom is 0.419 e. The van der Waals surface area contributed by atoms with E-state index in [4.69, 9.17) is 5.73 Å². The highest BCUT2D eigenvalue weighted by molar-refractivity contribution is 5.48. The average Bonchev–Trinajstić information content (AvgIpc) is 2.11. The van der Waals surface area contributed by atoms with E-state index in [0.29, 0.717) is 0 Å². The molecule has 0 atom stereocenters. The van der Waals surface area contributed by atoms with Crippen LogP contribution >= 0.6 is 0 Å². The molecule has 0 aromatic heterocycles. The Morgan fingerprint density at radius 2 is 1.73 bits per heavy atom. The van der Waals surface area contributed by atoms with Gasteiger partial charge < -0.3 is 5.73 Å². The fourth-order valence-corrected chi connectivity index (χ4v) is 1.29. The summed E-state index contributed by atoms with van der Waals surface area (Å²) < 4.78 is 63.0. The van der Waals surface area contributed by atoms with E-state index in [1.807, 2.05) is 0 Å². The SMILES string of the molecule is CCc1cc(N)c(F)c(F)c1C(F)(F)F. The van der Waals surface area contributed by atoms with Gasteiger partial charge in [-0.3, -0.25) is 0 Å². The summed E-state index contributed by atoms with van der Waals surface area (Å²) in [5.41, 5.74) is 2.49. The molecule has 1 aromatic carbocycles. The minimum absolute atomic E-state index is 0.0732. The van der Waals surface area contributed by atoms with Crippen LogP contribution < -0.4 is 5.73 Å². The molecule has 0 aliphatic carbocycles. The second-order valence-electron chi connectivity index (χ2n) is 2.98. The number of nitrogens with two attached hydrogens (primary N) is 1. The number of rotatable bonds is 1. The number of aryl methyl sites for hydroxylation is 1. The number of halogens is 5. The third-order valence-electron chi connectivity index (χ3n) is 1.98. The molecular formula is C9H8F5N. The van der Waals surface area contributed by atoms with Gasteiger partial charge in [-0.15, -0.1) is 0 Å². The summed E-state index contributed by atoms with van der Waals surface area (Å²) >= 11 is 0. The van der Waals surface area contributed by atoms with Gasteiger partial charge in [-0.2, -0.15) is 13.2 Å². The molecule has 84 valence electrons. The monoisotopic (exact) mass is 225 g/mol. The van der Waals surface area contributed by atoms with Crippen LogP contribution in [-0.4, -0.2) is 0 Å². The molecule has 15 heavy (non-hydrogen) atoms. The van der Waals surface area contributed by atoms with Crippen molar-refractivity contribution in [2.24, 2.45) is 0 Å². The zero-order valence-corrected chi connectivity index (χ0v) is 7.75. The first-order valence-corrected chi connectivity index (χ1v) is 4.12. The molecule has 2 N–H and O–H groups in total. The first-order valence-electron chi connectivity index (χ1n) is 4.12. The Labute approximate surface area is 82.7 Å². The highest BCUT2D eigenvalue weighted by atomic mass is 19.4. The zero-order chi connectivity index (χ0) is 11.8. The Kier molecular flexibility index (Phi) is 2.88. The van der Waals surface area contributed by atoms with Crippen LogP contribution in [0, 0.1) is 11.6 Å². The van der Waals surface area contributed by atoms with Gasteiger partial charge in [-0.25, -0.2) is 8.78 Å². The standard InChI is InChI=1S/C9H8F5N/c1-2-4-3-5(15)7(10)8(11)6(4)9(12,13)14/h3H,2,15H2,1H3. The Morgan fingerprint density at radius 1 is 1.20 bits per heavy atom. The van der Waals surface area contributed by atoms with Crippen LogP contribution in [0.1, 0.15) is 18.1 Å². The van der Waals surface area contributed by atoms with Gasteiger partial charge in [0.2, 0.25) is 0 Å². The second kappa shape index (κ2) is 3.67. The van der Waals surface area contributed by atoms with Crippen molar-refractivity contribution >= 4 is 5.69 Å². The Hall–Kier alpha value is -1.33. The van der Waals surface area contributed by atoms with Crippen molar-refractivity contribution in [1.29, 1.82) is 0 Å². The van der Waals surface area contributed by atoms with Crippen molar-refractivity contribution < 1.29 is 22.0 Å². The normalized spacial score (nSPS) is 11.9. The maximum absolute atomic E-state index is 13.0. The fourth-order valence-electron chi connectivity index (χ4n) is 1.29. The number of benzene rings is 1. The molecule has 0 aliphatic heterocycles. The van der Waals surface area contributed by atoms with Crippen LogP contribution in [0.3, 0.4) is 0 Å². The van der Waals surface area contributed by atoms with E-state index in [-0.39, 0.29) is 12.0 Å². The van der Waals surface area contributed by atoms with E-state index in [9.17, 15) is 22.0 Å². The van der Waals surface area contributed by atoms with E-state index < -0.39 is 29.1 Å². The first-order chi connectivity index (χ1) is 6.79. The summed E-state index contributed by atoms with van der Waals surface area (Å²) in [4.78, 5) is 0. The molecule has 0 unspecified atom stereocenters. The lowest BCUT2D eigenvalue weighted by molar-refractivity contribution is -0.140. The molecule has 6 heteroatoms. The van der Waals surface area contributed by atoms with Gasteiger partial charge in [0.05, 0.1) is 11.3 Å². The van der Waals surface area contributed by atoms with Crippen molar-refractivity contribution in [1.82, 2.24) is 0 Å². The lowest BCUT2D eigenvalue weighted by Crippen LogP contribution is -2.14. The minimum Gasteiger partial charge on any atom is -0.396 e. The van der Waals surface area contributed by atoms with E-state index in [1.54, 1.807) is 0 Å². The first kappa shape index (κ1) is 11.7. The minimum atomic E-state index is -4.91. The van der Waals surface area contributed by atoms with Crippen molar-refractivity contribution in [2.45, 2.75) is 19.5 Å². The fraction of sp³-hybridized carbons (Fsp3) is 0.333. The van der Waals surface area contributed by atoms with Crippen LogP contribution in [0.25, 0.3) is 0 Å². The van der Waals surface area contributed by atoms with Crippen LogP contribution in [-0.2, 0) is 12.6 Å². The molecule has 0 fully saturated rings. The summed E-state index contributed by atoms with van der Waals surface area (Å²) in [6.07, 6.45) is -4.99. The summed E-state index contributed by atoms with van der Waals surface area (Å²) in [6, 6.07) is 0.807. The number of anilines is 1. The predicted molar refractivity (Wildman–Crippen MR) is 45.2 cm³/mol. The lowest BCUT2D eigenvalue weighted by atomic mass is 10.0. The zero-order valence-electron chi connectivity index (χ0n) is 7.75. The number of hydrogen-bond donors (Lipinski definition) is 1. The van der Waals surface area contributed by atoms with Crippen molar-refractivity contribution in [3.8, 4) is 0 Å². The molecule has 0 radical (unpaired) electrons. The highest BCUT2D eigenvalue weighted by Gasteiger charge is 2.38. The van der Waals surface area contributed by atoms with E-state index in [1.165, 1.54) is 6.92 Å². The summed E-state index contributed by atoms with van der Waals surface area (Å²) in [5.74, 6) is -3.58. The third kappa shape index (κ3) is 2.03. The topological polar surface area (TPSA) is 26.0 Å². The molecule has 0 heterocycles. The summed E-state index contributed by atoms with van der Waals surface area (Å²) in [6.45, 7) is 1.40. The molecule has 1 nitrogen and oxygen atoms in total. The van der Waals surface area contributed by atoms with E-state index in [2.05, 4.69) is 0 Å². The van der Waals surface area contributed by atoms with Gasteiger partial charge in [-0.1, -0.05) is 6.92 Å². The van der Waals surface area contributed by atoms with Gasteiger partial charge in [0.1, 0.15) is 0 Å². The molecule has 0 saturated heterocycles. The van der Waals surface area contributed by atoms with Crippen LogP contribution in [0.15, 0.2) is 6.07 Å². The van der Waals surface area contributed by atoms with E-state index in [0.717, 1.165) is 6.07 Å². The Bertz CT molecular complexity index is 383. The lowest BCUT2D eigenvalue weighted by Gasteiger charge is -2.14. The molecule has 1 rings (SSSR count). The van der Waals surface area contributed by atoms with Gasteiger partial charge in [0.15, 0.2) is 11.6 Å².